The molecule has 3 aromatic heterocycles. The lowest BCUT2D eigenvalue weighted by Crippen LogP contribution is -2.36. The Bertz CT molecular complexity index is 1140. The molecule has 142 valence electrons. The Labute approximate surface area is 161 Å². The summed E-state index contributed by atoms with van der Waals surface area (Å²) in [5.74, 6) is -1.40. The summed E-state index contributed by atoms with van der Waals surface area (Å²) in [6, 6.07) is 7.48. The highest BCUT2D eigenvalue weighted by Crippen LogP contribution is 2.21. The molecule has 0 saturated carbocycles. The number of nitrogens with zero attached hydrogens (tertiary/aromatic N) is 4. The Morgan fingerprint density at radius 3 is 2.93 bits per heavy atom. The van der Waals surface area contributed by atoms with E-state index in [1.54, 1.807) is 16.6 Å². The lowest BCUT2D eigenvalue weighted by molar-refractivity contribution is -0.136. The number of aromatic nitrogens is 4. The van der Waals surface area contributed by atoms with Gasteiger partial charge in [-0.05, 0) is 12.1 Å². The first-order valence-electron chi connectivity index (χ1n) is 8.19. The van der Waals surface area contributed by atoms with Crippen LogP contribution in [0.1, 0.15) is 5.69 Å². The zero-order valence-corrected chi connectivity index (χ0v) is 15.1. The zero-order valence-electron chi connectivity index (χ0n) is 14.3. The number of hydrogen-bond donors (Lipinski definition) is 2. The average molecular weight is 400 g/mol. The highest BCUT2D eigenvalue weighted by Gasteiger charge is 2.16. The Hall–Kier alpha value is -3.60. The van der Waals surface area contributed by atoms with E-state index in [0.717, 1.165) is 5.69 Å². The van der Waals surface area contributed by atoms with Gasteiger partial charge in [-0.1, -0.05) is 17.3 Å². The van der Waals surface area contributed by atoms with Crippen molar-refractivity contribution in [3.63, 3.8) is 0 Å². The number of fused-ring (bicyclic) bond motifs is 1. The molecule has 4 aromatic rings. The molecule has 0 radical (unpaired) electrons. The summed E-state index contributed by atoms with van der Waals surface area (Å²) in [7, 11) is 0. The fourth-order valence-corrected chi connectivity index (χ4v) is 3.34. The molecule has 0 aliphatic heterocycles. The van der Waals surface area contributed by atoms with Crippen molar-refractivity contribution in [3.05, 3.63) is 53.5 Å². The minimum absolute atomic E-state index is 0.159. The van der Waals surface area contributed by atoms with Gasteiger partial charge < -0.3 is 9.84 Å². The number of carbonyl (C=O) groups excluding carboxylic acids is 2. The van der Waals surface area contributed by atoms with E-state index in [1.807, 2.05) is 5.38 Å². The highest BCUT2D eigenvalue weighted by molar-refractivity contribution is 7.15. The van der Waals surface area contributed by atoms with Gasteiger partial charge in [-0.15, -0.1) is 16.4 Å². The van der Waals surface area contributed by atoms with E-state index < -0.39 is 11.8 Å². The molecule has 2 amide bonds. The van der Waals surface area contributed by atoms with Gasteiger partial charge in [0.15, 0.2) is 11.6 Å². The van der Waals surface area contributed by atoms with Crippen LogP contribution in [0.3, 0.4) is 0 Å². The summed E-state index contributed by atoms with van der Waals surface area (Å²) in [4.78, 5) is 28.6. The van der Waals surface area contributed by atoms with Crippen molar-refractivity contribution >= 4 is 33.9 Å². The van der Waals surface area contributed by atoms with Gasteiger partial charge >= 0.3 is 11.8 Å². The summed E-state index contributed by atoms with van der Waals surface area (Å²) >= 11 is 1.39. The first-order chi connectivity index (χ1) is 13.6. The molecule has 9 nitrogen and oxygen atoms in total. The molecule has 0 bridgehead atoms. The lowest BCUT2D eigenvalue weighted by Gasteiger charge is -2.04. The number of carbonyl (C=O) groups is 2. The number of nitrogens with one attached hydrogen (secondary N) is 2. The first kappa shape index (κ1) is 17.8. The molecule has 28 heavy (non-hydrogen) atoms. The normalized spacial score (nSPS) is 10.9. The van der Waals surface area contributed by atoms with E-state index in [4.69, 9.17) is 0 Å². The van der Waals surface area contributed by atoms with E-state index in [-0.39, 0.29) is 18.2 Å². The third kappa shape index (κ3) is 3.74. The van der Waals surface area contributed by atoms with Crippen LogP contribution >= 0.6 is 11.3 Å². The predicted molar refractivity (Wildman–Crippen MR) is 98.1 cm³/mol. The molecule has 4 rings (SSSR count). The number of halogens is 1. The molecule has 1 aromatic carbocycles. The second-order valence-electron chi connectivity index (χ2n) is 5.71. The second kappa shape index (κ2) is 7.56. The van der Waals surface area contributed by atoms with Crippen LogP contribution in [-0.2, 0) is 16.0 Å². The quantitative estimate of drug-likeness (QED) is 0.495. The fourth-order valence-electron chi connectivity index (χ4n) is 2.48. The van der Waals surface area contributed by atoms with Crippen LogP contribution in [0.4, 0.5) is 10.2 Å². The van der Waals surface area contributed by atoms with E-state index in [2.05, 4.69) is 30.4 Å². The number of benzene rings is 1. The van der Waals surface area contributed by atoms with Crippen molar-refractivity contribution in [2.75, 3.05) is 11.9 Å². The van der Waals surface area contributed by atoms with Gasteiger partial charge in [0.05, 0.1) is 5.69 Å². The van der Waals surface area contributed by atoms with Crippen LogP contribution in [-0.4, -0.2) is 38.1 Å². The molecule has 0 saturated heterocycles. The number of hydrogen-bond acceptors (Lipinski definition) is 7. The van der Waals surface area contributed by atoms with Gasteiger partial charge in [-0.2, -0.15) is 4.98 Å². The SMILES string of the molecule is O=C(NCCc1csc2nc(-c3cccc(F)c3)nn12)C(=O)Nc1ccon1. The summed E-state index contributed by atoms with van der Waals surface area (Å²) < 4.78 is 19.6. The minimum Gasteiger partial charge on any atom is -0.363 e. The van der Waals surface area contributed by atoms with Crippen LogP contribution in [0.5, 0.6) is 0 Å². The van der Waals surface area contributed by atoms with Crippen molar-refractivity contribution in [1.29, 1.82) is 0 Å². The predicted octanol–water partition coefficient (Wildman–Crippen LogP) is 1.88. The van der Waals surface area contributed by atoms with Crippen LogP contribution < -0.4 is 10.6 Å². The molecule has 11 heteroatoms. The Morgan fingerprint density at radius 2 is 2.14 bits per heavy atom. The van der Waals surface area contributed by atoms with Crippen molar-refractivity contribution in [2.45, 2.75) is 6.42 Å². The van der Waals surface area contributed by atoms with Gasteiger partial charge in [0.1, 0.15) is 12.1 Å². The third-order valence-electron chi connectivity index (χ3n) is 3.79. The van der Waals surface area contributed by atoms with Crippen LogP contribution in [0.2, 0.25) is 0 Å². The molecule has 2 N–H and O–H groups in total. The van der Waals surface area contributed by atoms with Gasteiger partial charge in [-0.3, -0.25) is 14.9 Å². The Kier molecular flexibility index (Phi) is 4.81. The smallest absolute Gasteiger partial charge is 0.314 e. The molecule has 0 unspecified atom stereocenters. The molecular weight excluding hydrogens is 387 g/mol. The molecule has 0 aliphatic carbocycles. The topological polar surface area (TPSA) is 114 Å². The van der Waals surface area contributed by atoms with Crippen LogP contribution in [0.25, 0.3) is 16.3 Å². The summed E-state index contributed by atoms with van der Waals surface area (Å²) in [5.41, 5.74) is 1.40. The van der Waals surface area contributed by atoms with E-state index >= 15 is 0 Å². The largest absolute Gasteiger partial charge is 0.363 e. The van der Waals surface area contributed by atoms with E-state index in [0.29, 0.717) is 22.8 Å². The lowest BCUT2D eigenvalue weighted by atomic mass is 10.2. The number of anilines is 1. The standard InChI is InChI=1S/C17H13FN6O3S/c18-11-3-1-2-10(8-11)14-21-17-24(22-14)12(9-28-17)4-6-19-15(25)16(26)20-13-5-7-27-23-13/h1-3,5,7-9H,4,6H2,(H,19,25)(H,20,23,26). The first-order valence-corrected chi connectivity index (χ1v) is 9.07. The fraction of sp³-hybridized carbons (Fsp3) is 0.118. The zero-order chi connectivity index (χ0) is 19.5. The van der Waals surface area contributed by atoms with Gasteiger partial charge in [0.2, 0.25) is 4.96 Å². The van der Waals surface area contributed by atoms with Crippen molar-refractivity contribution < 1.29 is 18.5 Å². The molecule has 0 fully saturated rings. The molecule has 0 aliphatic rings. The summed E-state index contributed by atoms with van der Waals surface area (Å²) in [6.45, 7) is 0.228. The van der Waals surface area contributed by atoms with Crippen molar-refractivity contribution in [3.8, 4) is 11.4 Å². The van der Waals surface area contributed by atoms with Crippen molar-refractivity contribution in [1.82, 2.24) is 25.1 Å². The number of rotatable bonds is 5. The Balaban J connectivity index is 1.38. The monoisotopic (exact) mass is 400 g/mol. The van der Waals surface area contributed by atoms with Crippen molar-refractivity contribution in [2.24, 2.45) is 0 Å². The molecule has 0 spiro atoms. The average Bonchev–Trinajstić information content (AvgIpc) is 3.40. The maximum absolute atomic E-state index is 13.4. The maximum atomic E-state index is 13.4. The van der Waals surface area contributed by atoms with E-state index in [9.17, 15) is 14.0 Å². The highest BCUT2D eigenvalue weighted by atomic mass is 32.1. The van der Waals surface area contributed by atoms with Crippen LogP contribution in [0.15, 0.2) is 46.5 Å². The summed E-state index contributed by atoms with van der Waals surface area (Å²) in [5, 5.41) is 14.6. The van der Waals surface area contributed by atoms with Gasteiger partial charge in [0.25, 0.3) is 0 Å². The number of amides is 2. The second-order valence-corrected chi connectivity index (χ2v) is 6.55. The van der Waals surface area contributed by atoms with Crippen LogP contribution in [0, 0.1) is 5.82 Å². The number of thiazole rings is 1. The third-order valence-corrected chi connectivity index (χ3v) is 4.65. The van der Waals surface area contributed by atoms with Gasteiger partial charge in [-0.25, -0.2) is 8.91 Å². The minimum atomic E-state index is -0.835. The summed E-state index contributed by atoms with van der Waals surface area (Å²) in [6.07, 6.45) is 1.72. The van der Waals surface area contributed by atoms with Gasteiger partial charge in [0, 0.05) is 30.0 Å². The molecule has 0 atom stereocenters. The molecule has 3 heterocycles. The molecular formula is C17H13FN6O3S. The Morgan fingerprint density at radius 1 is 1.25 bits per heavy atom. The van der Waals surface area contributed by atoms with E-state index in [1.165, 1.54) is 35.8 Å². The maximum Gasteiger partial charge on any atom is 0.314 e.